The van der Waals surface area contributed by atoms with Crippen LogP contribution < -0.4 is 11.1 Å². The number of hydrogen-bond acceptors (Lipinski definition) is 7. The summed E-state index contributed by atoms with van der Waals surface area (Å²) in [5.74, 6) is -1.66. The second-order valence-electron chi connectivity index (χ2n) is 11.2. The molecule has 5 atom stereocenters. The van der Waals surface area contributed by atoms with Crippen molar-refractivity contribution in [1.29, 1.82) is 0 Å². The number of aliphatic hydroxyl groups is 1. The van der Waals surface area contributed by atoms with Crippen LogP contribution in [0.1, 0.15) is 65.3 Å². The number of esters is 1. The molecule has 2 aromatic carbocycles. The van der Waals surface area contributed by atoms with Crippen molar-refractivity contribution in [1.82, 2.24) is 9.88 Å². The zero-order valence-electron chi connectivity index (χ0n) is 22.9. The summed E-state index contributed by atoms with van der Waals surface area (Å²) < 4.78 is 20.8. The Labute approximate surface area is 253 Å². The van der Waals surface area contributed by atoms with Crippen molar-refractivity contribution < 1.29 is 23.8 Å². The van der Waals surface area contributed by atoms with Gasteiger partial charge in [-0.05, 0) is 73.6 Å². The van der Waals surface area contributed by atoms with E-state index in [2.05, 4.69) is 10.3 Å². The maximum absolute atomic E-state index is 15.8. The zero-order chi connectivity index (χ0) is 29.8. The van der Waals surface area contributed by atoms with Gasteiger partial charge in [-0.2, -0.15) is 0 Å². The Bertz CT molecular complexity index is 1540. The van der Waals surface area contributed by atoms with Gasteiger partial charge in [0, 0.05) is 30.1 Å². The molecule has 2 aliphatic heterocycles. The minimum absolute atomic E-state index is 0.0679. The Balaban J connectivity index is 1.45. The van der Waals surface area contributed by atoms with Gasteiger partial charge in [0.1, 0.15) is 22.3 Å². The van der Waals surface area contributed by atoms with Gasteiger partial charge in [0.25, 0.3) is 5.91 Å². The molecular weight excluding hydrogens is 582 g/mol. The molecule has 0 bridgehead atoms. The van der Waals surface area contributed by atoms with E-state index in [-0.39, 0.29) is 34.7 Å². The van der Waals surface area contributed by atoms with Crippen LogP contribution in [0.3, 0.4) is 0 Å². The number of pyridine rings is 1. The van der Waals surface area contributed by atoms with Crippen LogP contribution in [0.4, 0.5) is 10.2 Å². The van der Waals surface area contributed by atoms with Crippen LogP contribution in [0, 0.1) is 11.7 Å². The number of nitrogens with one attached hydrogen (secondary N) is 1. The number of fused-ring (bicyclic) bond motifs is 2. The number of amides is 1. The quantitative estimate of drug-likeness (QED) is 0.237. The van der Waals surface area contributed by atoms with Crippen LogP contribution in [0.5, 0.6) is 0 Å². The Kier molecular flexibility index (Phi) is 7.74. The average molecular weight is 614 g/mol. The number of aromatic nitrogens is 1. The van der Waals surface area contributed by atoms with Crippen LogP contribution in [0.15, 0.2) is 54.6 Å². The van der Waals surface area contributed by atoms with E-state index in [1.54, 1.807) is 55.5 Å². The van der Waals surface area contributed by atoms with Gasteiger partial charge in [-0.3, -0.25) is 9.69 Å². The minimum Gasteiger partial charge on any atom is -0.462 e. The summed E-state index contributed by atoms with van der Waals surface area (Å²) in [6.45, 7) is 2.52. The molecule has 0 unspecified atom stereocenters. The van der Waals surface area contributed by atoms with E-state index in [4.69, 9.17) is 33.7 Å². The zero-order valence-corrected chi connectivity index (χ0v) is 24.4. The number of anilines is 1. The first-order valence-electron chi connectivity index (χ1n) is 14.1. The van der Waals surface area contributed by atoms with Crippen molar-refractivity contribution in [2.75, 3.05) is 18.5 Å². The van der Waals surface area contributed by atoms with Crippen molar-refractivity contribution in [3.8, 4) is 0 Å². The van der Waals surface area contributed by atoms with E-state index in [0.717, 1.165) is 12.8 Å². The first kappa shape index (κ1) is 29.0. The molecule has 1 amide bonds. The lowest BCUT2D eigenvalue weighted by molar-refractivity contribution is -0.128. The molecule has 0 radical (unpaired) electrons. The number of aliphatic hydroxyl groups excluding tert-OH is 1. The maximum Gasteiger partial charge on any atom is 0.338 e. The maximum atomic E-state index is 15.8. The van der Waals surface area contributed by atoms with Gasteiger partial charge in [-0.15, -0.1) is 0 Å². The van der Waals surface area contributed by atoms with Gasteiger partial charge < -0.3 is 20.9 Å². The Morgan fingerprint density at radius 1 is 1.21 bits per heavy atom. The molecule has 1 spiro atoms. The first-order valence-corrected chi connectivity index (χ1v) is 14.8. The summed E-state index contributed by atoms with van der Waals surface area (Å²) in [4.78, 5) is 32.7. The van der Waals surface area contributed by atoms with Crippen LogP contribution in [-0.2, 0) is 15.1 Å². The Morgan fingerprint density at radius 3 is 2.64 bits per heavy atom. The molecule has 42 heavy (non-hydrogen) atoms. The summed E-state index contributed by atoms with van der Waals surface area (Å²) in [5.41, 5.74) is 7.38. The largest absolute Gasteiger partial charge is 0.462 e. The molecule has 3 aliphatic rings. The van der Waals surface area contributed by atoms with E-state index in [9.17, 15) is 14.7 Å². The number of carbonyl (C=O) groups excluding carboxylic acids is 2. The number of likely N-dealkylation sites (tertiary alicyclic amines) is 1. The number of hydrogen-bond donors (Lipinski definition) is 3. The van der Waals surface area contributed by atoms with Crippen LogP contribution in [-0.4, -0.2) is 52.1 Å². The minimum atomic E-state index is -1.40. The lowest BCUT2D eigenvalue weighted by Crippen LogP contribution is -2.53. The normalized spacial score (nSPS) is 25.9. The monoisotopic (exact) mass is 612 g/mol. The second kappa shape index (κ2) is 11.2. The summed E-state index contributed by atoms with van der Waals surface area (Å²) >= 11 is 12.4. The third-order valence-electron chi connectivity index (χ3n) is 8.72. The van der Waals surface area contributed by atoms with Crippen LogP contribution >= 0.6 is 23.2 Å². The number of carbonyl (C=O) groups is 2. The van der Waals surface area contributed by atoms with Crippen molar-refractivity contribution in [3.05, 3.63) is 92.8 Å². The molecular formula is C31H31Cl2FN4O4. The standard InChI is InChI=1S/C31H31Cl2FN4O4/c1-2-42-29(40)18-10-8-17(9-11-18)23(39)14-22-27(35)25(19-4-3-5-21(32)26(19)34)31(38(22)15-16-6-7-16)20-12-13-24(33)36-28(20)37-30(31)41/h3-5,8-13,16,22-23,25,27,39H,2,6-7,14-15,35H2,1H3,(H,36,37,41)/t22-,23+,25-,27+,31+/m0/s1. The van der Waals surface area contributed by atoms with Crippen LogP contribution in [0.2, 0.25) is 10.2 Å². The summed E-state index contributed by atoms with van der Waals surface area (Å²) in [7, 11) is 0. The fourth-order valence-corrected chi connectivity index (χ4v) is 6.99. The number of rotatable bonds is 8. The fourth-order valence-electron chi connectivity index (χ4n) is 6.66. The lowest BCUT2D eigenvalue weighted by Gasteiger charge is -2.40. The highest BCUT2D eigenvalue weighted by molar-refractivity contribution is 6.31. The Hall–Kier alpha value is -3.08. The number of ether oxygens (including phenoxy) is 1. The predicted octanol–water partition coefficient (Wildman–Crippen LogP) is 5.18. The lowest BCUT2D eigenvalue weighted by atomic mass is 9.74. The van der Waals surface area contributed by atoms with E-state index < -0.39 is 41.4 Å². The molecule has 8 nitrogen and oxygen atoms in total. The highest BCUT2D eigenvalue weighted by Gasteiger charge is 2.67. The molecule has 6 rings (SSSR count). The van der Waals surface area contributed by atoms with Crippen LogP contribution in [0.25, 0.3) is 0 Å². The van der Waals surface area contributed by atoms with E-state index in [1.165, 1.54) is 6.07 Å². The fraction of sp³-hybridized carbons (Fsp3) is 0.387. The second-order valence-corrected chi connectivity index (χ2v) is 12.0. The van der Waals surface area contributed by atoms with Gasteiger partial charge in [-0.25, -0.2) is 14.2 Å². The number of halogens is 3. The third kappa shape index (κ3) is 4.77. The highest BCUT2D eigenvalue weighted by atomic mass is 35.5. The molecule has 4 N–H and O–H groups in total. The van der Waals surface area contributed by atoms with Crippen molar-refractivity contribution >= 4 is 40.9 Å². The molecule has 1 aliphatic carbocycles. The number of benzene rings is 2. The van der Waals surface area contributed by atoms with Gasteiger partial charge >= 0.3 is 5.97 Å². The molecule has 3 aromatic rings. The van der Waals surface area contributed by atoms with E-state index in [1.807, 2.05) is 4.90 Å². The third-order valence-corrected chi connectivity index (χ3v) is 9.22. The topological polar surface area (TPSA) is 118 Å². The number of nitrogens with zero attached hydrogens (tertiary/aromatic N) is 2. The summed E-state index contributed by atoms with van der Waals surface area (Å²) in [6.07, 6.45) is 1.18. The molecule has 2 fully saturated rings. The SMILES string of the molecule is CCOC(=O)c1ccc([C@H](O)C[C@H]2[C@@H](N)[C@H](c3cccc(Cl)c3F)[C@]3(C(=O)Nc4nc(Cl)ccc43)N2CC2CC2)cc1. The predicted molar refractivity (Wildman–Crippen MR) is 157 cm³/mol. The number of nitrogens with two attached hydrogens (primary N) is 1. The molecule has 1 aromatic heterocycles. The molecule has 1 saturated heterocycles. The van der Waals surface area contributed by atoms with Crippen molar-refractivity contribution in [3.63, 3.8) is 0 Å². The molecule has 3 heterocycles. The summed E-state index contributed by atoms with van der Waals surface area (Å²) in [6, 6.07) is 13.4. The molecule has 1 saturated carbocycles. The van der Waals surface area contributed by atoms with Crippen molar-refractivity contribution in [2.45, 2.75) is 55.8 Å². The van der Waals surface area contributed by atoms with Gasteiger partial charge in [0.05, 0.1) is 23.3 Å². The highest BCUT2D eigenvalue weighted by Crippen LogP contribution is 2.58. The first-order chi connectivity index (χ1) is 20.2. The van der Waals surface area contributed by atoms with E-state index in [0.29, 0.717) is 35.0 Å². The summed E-state index contributed by atoms with van der Waals surface area (Å²) in [5, 5.41) is 14.5. The average Bonchev–Trinajstić information content (AvgIpc) is 3.71. The molecule has 220 valence electrons. The smallest absolute Gasteiger partial charge is 0.338 e. The van der Waals surface area contributed by atoms with Gasteiger partial charge in [0.15, 0.2) is 0 Å². The Morgan fingerprint density at radius 2 is 1.95 bits per heavy atom. The van der Waals surface area contributed by atoms with Crippen molar-refractivity contribution in [2.24, 2.45) is 11.7 Å². The van der Waals surface area contributed by atoms with E-state index >= 15 is 4.39 Å². The molecule has 11 heteroatoms. The van der Waals surface area contributed by atoms with Gasteiger partial charge in [-0.1, -0.05) is 47.5 Å². The van der Waals surface area contributed by atoms with Gasteiger partial charge in [0.2, 0.25) is 0 Å².